The summed E-state index contributed by atoms with van der Waals surface area (Å²) in [4.78, 5) is 30.2. The fraction of sp³-hybridized carbons (Fsp3) is 0.214. The van der Waals surface area contributed by atoms with Crippen LogP contribution in [0.2, 0.25) is 0 Å². The molecule has 5 nitrogen and oxygen atoms in total. The van der Waals surface area contributed by atoms with E-state index in [1.807, 2.05) is 30.3 Å². The summed E-state index contributed by atoms with van der Waals surface area (Å²) in [6, 6.07) is 9.22. The van der Waals surface area contributed by atoms with Crippen molar-refractivity contribution in [2.75, 3.05) is 11.1 Å². The third kappa shape index (κ3) is 3.71. The van der Waals surface area contributed by atoms with Crippen molar-refractivity contribution in [2.24, 2.45) is 0 Å². The van der Waals surface area contributed by atoms with E-state index in [2.05, 4.69) is 15.3 Å². The van der Waals surface area contributed by atoms with Gasteiger partial charge in [-0.25, -0.2) is 4.98 Å². The van der Waals surface area contributed by atoms with Gasteiger partial charge in [0.05, 0.1) is 5.75 Å². The lowest BCUT2D eigenvalue weighted by Gasteiger charge is -2.05. The van der Waals surface area contributed by atoms with Gasteiger partial charge in [-0.1, -0.05) is 30.0 Å². The molecule has 104 valence electrons. The number of carbonyl (C=O) groups excluding carboxylic acids is 1. The van der Waals surface area contributed by atoms with Gasteiger partial charge in [-0.05, 0) is 26.0 Å². The maximum atomic E-state index is 11.8. The molecule has 6 heteroatoms. The molecule has 20 heavy (non-hydrogen) atoms. The molecular formula is C14H15N3O2S. The summed E-state index contributed by atoms with van der Waals surface area (Å²) >= 11 is 1.21. The van der Waals surface area contributed by atoms with Crippen molar-refractivity contribution in [2.45, 2.75) is 19.0 Å². The van der Waals surface area contributed by atoms with E-state index in [1.165, 1.54) is 11.8 Å². The Morgan fingerprint density at radius 3 is 2.65 bits per heavy atom. The Morgan fingerprint density at radius 2 is 2.00 bits per heavy atom. The summed E-state index contributed by atoms with van der Waals surface area (Å²) < 4.78 is 0. The van der Waals surface area contributed by atoms with E-state index < -0.39 is 0 Å². The number of benzene rings is 1. The van der Waals surface area contributed by atoms with Gasteiger partial charge in [-0.2, -0.15) is 0 Å². The number of nitrogens with one attached hydrogen (secondary N) is 2. The van der Waals surface area contributed by atoms with Gasteiger partial charge in [-0.15, -0.1) is 0 Å². The van der Waals surface area contributed by atoms with Gasteiger partial charge in [-0.3, -0.25) is 9.59 Å². The van der Waals surface area contributed by atoms with E-state index in [4.69, 9.17) is 0 Å². The fourth-order valence-corrected chi connectivity index (χ4v) is 2.25. The van der Waals surface area contributed by atoms with Crippen molar-refractivity contribution in [1.82, 2.24) is 9.97 Å². The smallest absolute Gasteiger partial charge is 0.254 e. The van der Waals surface area contributed by atoms with Crippen LogP contribution in [-0.2, 0) is 4.79 Å². The molecule has 0 aliphatic heterocycles. The molecule has 0 unspecified atom stereocenters. The quantitative estimate of drug-likeness (QED) is 0.668. The maximum absolute atomic E-state index is 11.8. The molecule has 0 bridgehead atoms. The second-order valence-electron chi connectivity index (χ2n) is 4.28. The third-order valence-corrected chi connectivity index (χ3v) is 3.64. The summed E-state index contributed by atoms with van der Waals surface area (Å²) in [6.45, 7) is 3.50. The highest BCUT2D eigenvalue weighted by atomic mass is 32.2. The van der Waals surface area contributed by atoms with Crippen LogP contribution >= 0.6 is 11.8 Å². The minimum absolute atomic E-state index is 0.137. The van der Waals surface area contributed by atoms with E-state index in [-0.39, 0.29) is 17.2 Å². The van der Waals surface area contributed by atoms with E-state index in [0.717, 1.165) is 5.69 Å². The number of hydrogen-bond acceptors (Lipinski definition) is 4. The van der Waals surface area contributed by atoms with Crippen LogP contribution < -0.4 is 10.9 Å². The zero-order valence-electron chi connectivity index (χ0n) is 11.3. The zero-order chi connectivity index (χ0) is 14.5. The second-order valence-corrected chi connectivity index (χ2v) is 5.25. The standard InChI is InChI=1S/C14H15N3O2S/c1-9-10(2)15-14(17-13(9)19)20-8-12(18)16-11-6-4-3-5-7-11/h3-7H,8H2,1-2H3,(H,16,18)(H,15,17,19). The molecule has 2 aromatic rings. The van der Waals surface area contributed by atoms with Crippen LogP contribution in [-0.4, -0.2) is 21.6 Å². The van der Waals surface area contributed by atoms with Gasteiger partial charge in [0.25, 0.3) is 5.56 Å². The van der Waals surface area contributed by atoms with Gasteiger partial charge in [0.1, 0.15) is 0 Å². The summed E-state index contributed by atoms with van der Waals surface area (Å²) in [5, 5.41) is 3.23. The predicted molar refractivity (Wildman–Crippen MR) is 80.1 cm³/mol. The Balaban J connectivity index is 1.95. The molecule has 2 rings (SSSR count). The summed E-state index contributed by atoms with van der Waals surface area (Å²) in [7, 11) is 0. The number of aromatic nitrogens is 2. The lowest BCUT2D eigenvalue weighted by atomic mass is 10.3. The topological polar surface area (TPSA) is 74.8 Å². The zero-order valence-corrected chi connectivity index (χ0v) is 12.1. The van der Waals surface area contributed by atoms with E-state index in [0.29, 0.717) is 16.4 Å². The summed E-state index contributed by atoms with van der Waals surface area (Å²) in [5.41, 5.74) is 1.87. The molecule has 0 aliphatic carbocycles. The molecule has 0 saturated heterocycles. The highest BCUT2D eigenvalue weighted by Gasteiger charge is 2.07. The lowest BCUT2D eigenvalue weighted by Crippen LogP contribution is -2.17. The van der Waals surface area contributed by atoms with Gasteiger partial charge >= 0.3 is 0 Å². The summed E-state index contributed by atoms with van der Waals surface area (Å²) in [6.07, 6.45) is 0. The number of hydrogen-bond donors (Lipinski definition) is 2. The molecule has 0 atom stereocenters. The molecule has 0 aliphatic rings. The number of nitrogens with zero attached hydrogens (tertiary/aromatic N) is 1. The number of H-pyrrole nitrogens is 1. The monoisotopic (exact) mass is 289 g/mol. The second kappa shape index (κ2) is 6.38. The number of carbonyl (C=O) groups is 1. The Hall–Kier alpha value is -2.08. The minimum atomic E-state index is -0.163. The van der Waals surface area contributed by atoms with Crippen molar-refractivity contribution in [1.29, 1.82) is 0 Å². The van der Waals surface area contributed by atoms with Gasteiger partial charge < -0.3 is 10.3 Å². The molecule has 1 heterocycles. The van der Waals surface area contributed by atoms with Gasteiger partial charge in [0.2, 0.25) is 5.91 Å². The first kappa shape index (κ1) is 14.3. The van der Waals surface area contributed by atoms with E-state index >= 15 is 0 Å². The Bertz CT molecular complexity index is 668. The number of aryl methyl sites for hydroxylation is 1. The number of anilines is 1. The molecule has 0 spiro atoms. The summed E-state index contributed by atoms with van der Waals surface area (Å²) in [5.74, 6) is 0.0578. The molecule has 1 aromatic carbocycles. The number of amides is 1. The lowest BCUT2D eigenvalue weighted by molar-refractivity contribution is -0.113. The molecule has 2 N–H and O–H groups in total. The van der Waals surface area contributed by atoms with Gasteiger partial charge in [0.15, 0.2) is 5.16 Å². The van der Waals surface area contributed by atoms with Crippen LogP contribution in [0.1, 0.15) is 11.3 Å². The highest BCUT2D eigenvalue weighted by molar-refractivity contribution is 7.99. The number of aromatic amines is 1. The minimum Gasteiger partial charge on any atom is -0.325 e. The highest BCUT2D eigenvalue weighted by Crippen LogP contribution is 2.13. The molecule has 1 aromatic heterocycles. The van der Waals surface area contributed by atoms with Crippen LogP contribution in [0.25, 0.3) is 0 Å². The Morgan fingerprint density at radius 1 is 1.30 bits per heavy atom. The molecule has 1 amide bonds. The first-order valence-electron chi connectivity index (χ1n) is 6.11. The molecule has 0 fully saturated rings. The van der Waals surface area contributed by atoms with Crippen molar-refractivity contribution in [3.63, 3.8) is 0 Å². The number of para-hydroxylation sites is 1. The van der Waals surface area contributed by atoms with Crippen molar-refractivity contribution >= 4 is 23.4 Å². The third-order valence-electron chi connectivity index (χ3n) is 2.77. The van der Waals surface area contributed by atoms with Crippen molar-refractivity contribution < 1.29 is 4.79 Å². The van der Waals surface area contributed by atoms with Crippen LogP contribution in [0.5, 0.6) is 0 Å². The first-order valence-corrected chi connectivity index (χ1v) is 7.10. The average molecular weight is 289 g/mol. The SMILES string of the molecule is Cc1nc(SCC(=O)Nc2ccccc2)[nH]c(=O)c1C. The van der Waals surface area contributed by atoms with Crippen LogP contribution in [0.3, 0.4) is 0 Å². The van der Waals surface area contributed by atoms with Crippen molar-refractivity contribution in [3.05, 3.63) is 51.9 Å². The Kier molecular flexibility index (Phi) is 4.57. The number of thioether (sulfide) groups is 1. The normalized spacial score (nSPS) is 10.3. The number of rotatable bonds is 4. The van der Waals surface area contributed by atoms with Crippen LogP contribution in [0, 0.1) is 13.8 Å². The van der Waals surface area contributed by atoms with Gasteiger partial charge in [0, 0.05) is 16.9 Å². The fourth-order valence-electron chi connectivity index (χ4n) is 1.54. The van der Waals surface area contributed by atoms with E-state index in [9.17, 15) is 9.59 Å². The molecule has 0 saturated carbocycles. The first-order chi connectivity index (χ1) is 9.56. The maximum Gasteiger partial charge on any atom is 0.254 e. The van der Waals surface area contributed by atoms with Crippen LogP contribution in [0.15, 0.2) is 40.3 Å². The van der Waals surface area contributed by atoms with Crippen molar-refractivity contribution in [3.8, 4) is 0 Å². The van der Waals surface area contributed by atoms with E-state index in [1.54, 1.807) is 13.8 Å². The Labute approximate surface area is 120 Å². The molecule has 0 radical (unpaired) electrons. The largest absolute Gasteiger partial charge is 0.325 e. The van der Waals surface area contributed by atoms with Crippen LogP contribution in [0.4, 0.5) is 5.69 Å². The predicted octanol–water partition coefficient (Wildman–Crippen LogP) is 2.12. The molecular weight excluding hydrogens is 274 g/mol. The average Bonchev–Trinajstić information content (AvgIpc) is 2.43.